The van der Waals surface area contributed by atoms with Crippen molar-refractivity contribution in [3.63, 3.8) is 0 Å². The van der Waals surface area contributed by atoms with Gasteiger partial charge < -0.3 is 5.32 Å². The van der Waals surface area contributed by atoms with Crippen LogP contribution in [0.25, 0.3) is 10.1 Å². The van der Waals surface area contributed by atoms with Gasteiger partial charge in [-0.3, -0.25) is 0 Å². The molecule has 2 aromatic rings. The number of benzene rings is 1. The topological polar surface area (TPSA) is 12.0 Å². The van der Waals surface area contributed by atoms with Crippen molar-refractivity contribution >= 4 is 21.4 Å². The van der Waals surface area contributed by atoms with Crippen molar-refractivity contribution in [1.29, 1.82) is 0 Å². The van der Waals surface area contributed by atoms with E-state index >= 15 is 0 Å². The molecule has 2 heteroatoms. The van der Waals surface area contributed by atoms with Gasteiger partial charge in [0.15, 0.2) is 0 Å². The second-order valence-electron chi connectivity index (χ2n) is 6.27. The molecule has 104 valence electrons. The Balaban J connectivity index is 2.08. The molecule has 1 aromatic heterocycles. The molecule has 0 aliphatic heterocycles. The van der Waals surface area contributed by atoms with Crippen molar-refractivity contribution in [3.05, 3.63) is 35.2 Å². The van der Waals surface area contributed by atoms with Gasteiger partial charge in [0, 0.05) is 10.7 Å². The summed E-state index contributed by atoms with van der Waals surface area (Å²) in [6.45, 7) is 10.2. The lowest BCUT2D eigenvalue weighted by Gasteiger charge is -2.31. The van der Waals surface area contributed by atoms with Gasteiger partial charge in [0.2, 0.25) is 0 Å². The molecule has 1 atom stereocenters. The fourth-order valence-corrected chi connectivity index (χ4v) is 3.61. The number of fused-ring (bicyclic) bond motifs is 1. The molecule has 1 aromatic carbocycles. The Morgan fingerprint density at radius 2 is 1.95 bits per heavy atom. The molecule has 0 fully saturated rings. The van der Waals surface area contributed by atoms with Gasteiger partial charge in [0.25, 0.3) is 0 Å². The Morgan fingerprint density at radius 3 is 2.63 bits per heavy atom. The van der Waals surface area contributed by atoms with E-state index in [1.807, 2.05) is 11.3 Å². The van der Waals surface area contributed by atoms with Crippen molar-refractivity contribution in [1.82, 2.24) is 5.32 Å². The van der Waals surface area contributed by atoms with Crippen molar-refractivity contribution in [2.24, 2.45) is 5.41 Å². The number of thiophene rings is 1. The molecule has 0 amide bonds. The van der Waals surface area contributed by atoms with Crippen molar-refractivity contribution in [2.45, 2.75) is 46.6 Å². The summed E-state index contributed by atoms with van der Waals surface area (Å²) in [5.41, 5.74) is 1.83. The van der Waals surface area contributed by atoms with Crippen LogP contribution in [0, 0.1) is 5.41 Å². The van der Waals surface area contributed by atoms with E-state index in [2.05, 4.69) is 62.7 Å². The first-order valence-corrected chi connectivity index (χ1v) is 8.09. The van der Waals surface area contributed by atoms with E-state index in [-0.39, 0.29) is 0 Å². The first kappa shape index (κ1) is 14.5. The number of aryl methyl sites for hydroxylation is 1. The zero-order valence-electron chi connectivity index (χ0n) is 12.5. The second kappa shape index (κ2) is 6.06. The molecule has 0 aliphatic rings. The second-order valence-corrected chi connectivity index (χ2v) is 7.18. The molecule has 1 N–H and O–H groups in total. The van der Waals surface area contributed by atoms with Gasteiger partial charge >= 0.3 is 0 Å². The van der Waals surface area contributed by atoms with Crippen LogP contribution in [0.15, 0.2) is 29.6 Å². The highest BCUT2D eigenvalue weighted by Crippen LogP contribution is 2.29. The third-order valence-electron chi connectivity index (χ3n) is 3.76. The maximum Gasteiger partial charge on any atom is 0.0345 e. The van der Waals surface area contributed by atoms with Crippen LogP contribution in [0.2, 0.25) is 0 Å². The summed E-state index contributed by atoms with van der Waals surface area (Å²) < 4.78 is 1.41. The lowest BCUT2D eigenvalue weighted by molar-refractivity contribution is 0.258. The van der Waals surface area contributed by atoms with E-state index in [4.69, 9.17) is 0 Å². The predicted molar refractivity (Wildman–Crippen MR) is 87.1 cm³/mol. The number of rotatable bonds is 5. The smallest absolute Gasteiger partial charge is 0.0345 e. The molecular formula is C17H25NS. The summed E-state index contributed by atoms with van der Waals surface area (Å²) in [5, 5.41) is 7.41. The minimum Gasteiger partial charge on any atom is -0.314 e. The monoisotopic (exact) mass is 275 g/mol. The quantitative estimate of drug-likeness (QED) is 0.822. The molecule has 0 aliphatic carbocycles. The Hall–Kier alpha value is -0.860. The predicted octanol–water partition coefficient (Wildman–Crippen LogP) is 4.86. The van der Waals surface area contributed by atoms with Crippen molar-refractivity contribution in [3.8, 4) is 0 Å². The van der Waals surface area contributed by atoms with Gasteiger partial charge in [-0.2, -0.15) is 0 Å². The van der Waals surface area contributed by atoms with Crippen LogP contribution in [0.3, 0.4) is 0 Å². The largest absolute Gasteiger partial charge is 0.314 e. The standard InChI is InChI=1S/C17H25NS/c1-5-18-16(17(2,3)4)11-10-13-12-19-15-9-7-6-8-14(13)15/h6-9,12,16,18H,5,10-11H2,1-4H3. The van der Waals surface area contributed by atoms with Gasteiger partial charge in [-0.15, -0.1) is 11.3 Å². The van der Waals surface area contributed by atoms with Crippen LogP contribution < -0.4 is 5.32 Å². The molecule has 2 rings (SSSR count). The lowest BCUT2D eigenvalue weighted by atomic mass is 9.83. The molecule has 0 radical (unpaired) electrons. The molecule has 19 heavy (non-hydrogen) atoms. The highest BCUT2D eigenvalue weighted by atomic mass is 32.1. The van der Waals surface area contributed by atoms with Crippen LogP contribution >= 0.6 is 11.3 Å². The number of hydrogen-bond acceptors (Lipinski definition) is 2. The van der Waals surface area contributed by atoms with E-state index < -0.39 is 0 Å². The molecule has 1 heterocycles. The van der Waals surface area contributed by atoms with Crippen molar-refractivity contribution in [2.75, 3.05) is 6.54 Å². The molecule has 0 saturated carbocycles. The molecule has 0 bridgehead atoms. The lowest BCUT2D eigenvalue weighted by Crippen LogP contribution is -2.40. The van der Waals surface area contributed by atoms with E-state index in [0.717, 1.165) is 6.54 Å². The Morgan fingerprint density at radius 1 is 1.21 bits per heavy atom. The summed E-state index contributed by atoms with van der Waals surface area (Å²) >= 11 is 1.87. The normalized spacial score (nSPS) is 13.9. The minimum atomic E-state index is 0.321. The van der Waals surface area contributed by atoms with Crippen LogP contribution in [-0.2, 0) is 6.42 Å². The average molecular weight is 275 g/mol. The summed E-state index contributed by atoms with van der Waals surface area (Å²) in [6.07, 6.45) is 2.37. The maximum absolute atomic E-state index is 3.64. The van der Waals surface area contributed by atoms with Crippen LogP contribution in [0.4, 0.5) is 0 Å². The molecular weight excluding hydrogens is 250 g/mol. The molecule has 0 spiro atoms. The fourth-order valence-electron chi connectivity index (χ4n) is 2.61. The van der Waals surface area contributed by atoms with Crippen LogP contribution in [0.5, 0.6) is 0 Å². The first-order chi connectivity index (χ1) is 9.02. The van der Waals surface area contributed by atoms with E-state index in [1.54, 1.807) is 0 Å². The van der Waals surface area contributed by atoms with Gasteiger partial charge in [-0.1, -0.05) is 45.9 Å². The van der Waals surface area contributed by atoms with E-state index in [0.29, 0.717) is 11.5 Å². The molecule has 1 nitrogen and oxygen atoms in total. The Kier molecular flexibility index (Phi) is 4.64. The van der Waals surface area contributed by atoms with Gasteiger partial charge in [0.05, 0.1) is 0 Å². The highest BCUT2D eigenvalue weighted by Gasteiger charge is 2.23. The van der Waals surface area contributed by atoms with Crippen LogP contribution in [0.1, 0.15) is 39.7 Å². The highest BCUT2D eigenvalue weighted by molar-refractivity contribution is 7.17. The summed E-state index contributed by atoms with van der Waals surface area (Å²) in [4.78, 5) is 0. The Labute approximate surface area is 121 Å². The van der Waals surface area contributed by atoms with Gasteiger partial charge in [0.1, 0.15) is 0 Å². The molecule has 1 unspecified atom stereocenters. The van der Waals surface area contributed by atoms with Gasteiger partial charge in [-0.25, -0.2) is 0 Å². The summed E-state index contributed by atoms with van der Waals surface area (Å²) in [7, 11) is 0. The SMILES string of the molecule is CCNC(CCc1csc2ccccc12)C(C)(C)C. The first-order valence-electron chi connectivity index (χ1n) is 7.21. The zero-order chi connectivity index (χ0) is 13.9. The third-order valence-corrected chi connectivity index (χ3v) is 4.77. The number of nitrogens with one attached hydrogen (secondary N) is 1. The third kappa shape index (κ3) is 3.58. The van der Waals surface area contributed by atoms with Crippen LogP contribution in [-0.4, -0.2) is 12.6 Å². The van der Waals surface area contributed by atoms with E-state index in [1.165, 1.54) is 28.5 Å². The molecule has 0 saturated heterocycles. The summed E-state index contributed by atoms with van der Waals surface area (Å²) in [6, 6.07) is 9.31. The summed E-state index contributed by atoms with van der Waals surface area (Å²) in [5.74, 6) is 0. The fraction of sp³-hybridized carbons (Fsp3) is 0.529. The van der Waals surface area contributed by atoms with Crippen molar-refractivity contribution < 1.29 is 0 Å². The zero-order valence-corrected chi connectivity index (χ0v) is 13.3. The maximum atomic E-state index is 3.64. The Bertz CT molecular complexity index is 521. The average Bonchev–Trinajstić information content (AvgIpc) is 2.76. The minimum absolute atomic E-state index is 0.321. The van der Waals surface area contributed by atoms with E-state index in [9.17, 15) is 0 Å². The number of hydrogen-bond donors (Lipinski definition) is 1. The van der Waals surface area contributed by atoms with Gasteiger partial charge in [-0.05, 0) is 47.2 Å².